The fourth-order valence-electron chi connectivity index (χ4n) is 4.47. The Labute approximate surface area is 196 Å². The molecule has 2 aromatic rings. The van der Waals surface area contributed by atoms with Crippen LogP contribution in [0.3, 0.4) is 0 Å². The van der Waals surface area contributed by atoms with E-state index in [9.17, 15) is 0 Å². The van der Waals surface area contributed by atoms with Crippen molar-refractivity contribution in [3.05, 3.63) is 35.5 Å². The smallest absolute Gasteiger partial charge is 0.194 e. The lowest BCUT2D eigenvalue weighted by Gasteiger charge is -2.37. The largest absolute Gasteiger partial charge is 0.375 e. The van der Waals surface area contributed by atoms with Crippen molar-refractivity contribution in [1.29, 1.82) is 0 Å². The van der Waals surface area contributed by atoms with E-state index in [1.807, 2.05) is 0 Å². The number of rotatable bonds is 6. The molecule has 2 atom stereocenters. The highest BCUT2D eigenvalue weighted by atomic mass is 127. The highest BCUT2D eigenvalue weighted by Crippen LogP contribution is 2.23. The Kier molecular flexibility index (Phi) is 8.83. The van der Waals surface area contributed by atoms with Crippen LogP contribution in [0.15, 0.2) is 29.4 Å². The molecule has 3 heterocycles. The lowest BCUT2D eigenvalue weighted by Crippen LogP contribution is -2.53. The van der Waals surface area contributed by atoms with Gasteiger partial charge in [-0.25, -0.2) is 0 Å². The maximum atomic E-state index is 6.00. The number of aromatic amines is 1. The normalized spacial score (nSPS) is 22.3. The standard InChI is InChI=1S/C23H34N4O2.HI/c1-3-17-7-5-8-19-18(15-26-22(17)19)10-11-25-23(24-4-2)27-12-14-29-21(16-27)20-9-6-13-28-20;/h5,7-8,15,20-21,26H,3-4,6,9-14,16H2,1-2H3,(H,24,25);1H. The van der Waals surface area contributed by atoms with Gasteiger partial charge in [0.05, 0.1) is 12.7 Å². The van der Waals surface area contributed by atoms with Crippen molar-refractivity contribution in [3.8, 4) is 0 Å². The van der Waals surface area contributed by atoms with E-state index in [0.29, 0.717) is 0 Å². The molecule has 0 saturated carbocycles. The second-order valence-corrected chi connectivity index (χ2v) is 7.90. The summed E-state index contributed by atoms with van der Waals surface area (Å²) >= 11 is 0. The highest BCUT2D eigenvalue weighted by Gasteiger charge is 2.32. The molecule has 1 aromatic heterocycles. The summed E-state index contributed by atoms with van der Waals surface area (Å²) < 4.78 is 11.9. The number of morpholine rings is 1. The van der Waals surface area contributed by atoms with E-state index in [1.165, 1.54) is 22.0 Å². The van der Waals surface area contributed by atoms with Crippen molar-refractivity contribution in [1.82, 2.24) is 15.2 Å². The number of para-hydroxylation sites is 1. The van der Waals surface area contributed by atoms with Gasteiger partial charge < -0.3 is 24.7 Å². The zero-order valence-electron chi connectivity index (χ0n) is 18.2. The maximum Gasteiger partial charge on any atom is 0.194 e. The SMILES string of the molecule is CCNC(=NCCc1c[nH]c2c(CC)cccc12)N1CCOC(C2CCCO2)C1.I. The predicted molar refractivity (Wildman–Crippen MR) is 133 cm³/mol. The molecular formula is C23H35IN4O2. The summed E-state index contributed by atoms with van der Waals surface area (Å²) in [5, 5.41) is 4.80. The summed E-state index contributed by atoms with van der Waals surface area (Å²) in [4.78, 5) is 10.7. The Hall–Kier alpha value is -1.32. The number of hydrogen-bond acceptors (Lipinski definition) is 3. The van der Waals surface area contributed by atoms with Crippen LogP contribution in [0.1, 0.15) is 37.8 Å². The summed E-state index contributed by atoms with van der Waals surface area (Å²) in [7, 11) is 0. The van der Waals surface area contributed by atoms with E-state index in [2.05, 4.69) is 53.4 Å². The lowest BCUT2D eigenvalue weighted by atomic mass is 10.1. The van der Waals surface area contributed by atoms with Gasteiger partial charge in [0.15, 0.2) is 5.96 Å². The van der Waals surface area contributed by atoms with Gasteiger partial charge >= 0.3 is 0 Å². The van der Waals surface area contributed by atoms with Crippen LogP contribution in [0.4, 0.5) is 0 Å². The van der Waals surface area contributed by atoms with Crippen molar-refractivity contribution in [2.75, 3.05) is 39.4 Å². The fraction of sp³-hybridized carbons (Fsp3) is 0.609. The van der Waals surface area contributed by atoms with E-state index in [0.717, 1.165) is 71.0 Å². The number of aryl methyl sites for hydroxylation is 1. The molecule has 0 amide bonds. The van der Waals surface area contributed by atoms with E-state index < -0.39 is 0 Å². The number of fused-ring (bicyclic) bond motifs is 1. The minimum Gasteiger partial charge on any atom is -0.375 e. The molecule has 2 unspecified atom stereocenters. The molecule has 2 N–H and O–H groups in total. The molecule has 0 spiro atoms. The van der Waals surface area contributed by atoms with Gasteiger partial charge in [0.1, 0.15) is 6.10 Å². The molecule has 2 aliphatic rings. The Balaban J connectivity index is 0.00000256. The quantitative estimate of drug-likeness (QED) is 0.342. The van der Waals surface area contributed by atoms with Crippen molar-refractivity contribution in [2.24, 2.45) is 4.99 Å². The molecule has 2 saturated heterocycles. The van der Waals surface area contributed by atoms with Crippen molar-refractivity contribution < 1.29 is 9.47 Å². The molecule has 1 aromatic carbocycles. The van der Waals surface area contributed by atoms with Gasteiger partial charge in [-0.05, 0) is 43.7 Å². The molecule has 2 aliphatic heterocycles. The number of aromatic nitrogens is 1. The summed E-state index contributed by atoms with van der Waals surface area (Å²) in [6.07, 6.45) is 6.75. The third-order valence-corrected chi connectivity index (χ3v) is 6.02. The summed E-state index contributed by atoms with van der Waals surface area (Å²) in [5.41, 5.74) is 3.99. The first-order valence-electron chi connectivity index (χ1n) is 11.1. The molecule has 30 heavy (non-hydrogen) atoms. The predicted octanol–water partition coefficient (Wildman–Crippen LogP) is 3.74. The van der Waals surface area contributed by atoms with E-state index >= 15 is 0 Å². The number of nitrogens with one attached hydrogen (secondary N) is 2. The number of benzene rings is 1. The Morgan fingerprint density at radius 2 is 2.07 bits per heavy atom. The number of hydrogen-bond donors (Lipinski definition) is 2. The second kappa shape index (κ2) is 11.3. The molecule has 0 radical (unpaired) electrons. The molecular weight excluding hydrogens is 491 g/mol. The lowest BCUT2D eigenvalue weighted by molar-refractivity contribution is -0.0817. The third-order valence-electron chi connectivity index (χ3n) is 6.02. The number of halogens is 1. The van der Waals surface area contributed by atoms with E-state index in [1.54, 1.807) is 0 Å². The third kappa shape index (κ3) is 5.29. The van der Waals surface area contributed by atoms with Crippen LogP contribution >= 0.6 is 24.0 Å². The first-order chi connectivity index (χ1) is 14.3. The number of aliphatic imine (C=N–C) groups is 1. The van der Waals surface area contributed by atoms with Crippen LogP contribution in [-0.4, -0.2) is 67.4 Å². The van der Waals surface area contributed by atoms with Crippen molar-refractivity contribution >= 4 is 40.8 Å². The van der Waals surface area contributed by atoms with Gasteiger partial charge in [-0.1, -0.05) is 25.1 Å². The van der Waals surface area contributed by atoms with Crippen molar-refractivity contribution in [2.45, 2.75) is 51.7 Å². The van der Waals surface area contributed by atoms with Gasteiger partial charge in [-0.15, -0.1) is 24.0 Å². The van der Waals surface area contributed by atoms with Crippen LogP contribution < -0.4 is 5.32 Å². The Bertz CT molecular complexity index is 832. The monoisotopic (exact) mass is 526 g/mol. The summed E-state index contributed by atoms with van der Waals surface area (Å²) in [6.45, 7) is 9.29. The molecule has 2 fully saturated rings. The van der Waals surface area contributed by atoms with Gasteiger partial charge in [-0.3, -0.25) is 4.99 Å². The zero-order chi connectivity index (χ0) is 20.1. The number of guanidine groups is 1. The number of nitrogens with zero attached hydrogens (tertiary/aromatic N) is 2. The minimum atomic E-state index is 0. The molecule has 4 rings (SSSR count). The molecule has 166 valence electrons. The Morgan fingerprint density at radius 3 is 2.83 bits per heavy atom. The summed E-state index contributed by atoms with van der Waals surface area (Å²) in [6, 6.07) is 6.57. The molecule has 0 aliphatic carbocycles. The number of H-pyrrole nitrogens is 1. The maximum absolute atomic E-state index is 6.00. The van der Waals surface area contributed by atoms with E-state index in [-0.39, 0.29) is 36.2 Å². The zero-order valence-corrected chi connectivity index (χ0v) is 20.5. The average molecular weight is 526 g/mol. The van der Waals surface area contributed by atoms with E-state index in [4.69, 9.17) is 14.5 Å². The van der Waals surface area contributed by atoms with Crippen LogP contribution in [0.5, 0.6) is 0 Å². The van der Waals surface area contributed by atoms with Crippen LogP contribution in [0, 0.1) is 0 Å². The topological polar surface area (TPSA) is 61.9 Å². The molecule has 6 nitrogen and oxygen atoms in total. The van der Waals surface area contributed by atoms with Crippen LogP contribution in [0.2, 0.25) is 0 Å². The van der Waals surface area contributed by atoms with Crippen LogP contribution in [-0.2, 0) is 22.3 Å². The van der Waals surface area contributed by atoms with Gasteiger partial charge in [0, 0.05) is 49.9 Å². The second-order valence-electron chi connectivity index (χ2n) is 7.90. The van der Waals surface area contributed by atoms with Gasteiger partial charge in [-0.2, -0.15) is 0 Å². The minimum absolute atomic E-state index is 0. The first kappa shape index (κ1) is 23.3. The first-order valence-corrected chi connectivity index (χ1v) is 11.1. The molecule has 7 heteroatoms. The van der Waals surface area contributed by atoms with Crippen LogP contribution in [0.25, 0.3) is 10.9 Å². The highest BCUT2D eigenvalue weighted by molar-refractivity contribution is 14.0. The molecule has 0 bridgehead atoms. The average Bonchev–Trinajstić information content (AvgIpc) is 3.43. The summed E-state index contributed by atoms with van der Waals surface area (Å²) in [5.74, 6) is 0.993. The van der Waals surface area contributed by atoms with Gasteiger partial charge in [0.25, 0.3) is 0 Å². The Morgan fingerprint density at radius 1 is 1.20 bits per heavy atom. The van der Waals surface area contributed by atoms with Crippen molar-refractivity contribution in [3.63, 3.8) is 0 Å². The fourth-order valence-corrected chi connectivity index (χ4v) is 4.47. The number of ether oxygens (including phenoxy) is 2. The van der Waals surface area contributed by atoms with Gasteiger partial charge in [0.2, 0.25) is 0 Å².